The second kappa shape index (κ2) is 9.44. The van der Waals surface area contributed by atoms with Crippen LogP contribution in [0.2, 0.25) is 0 Å². The minimum atomic E-state index is -1.07. The molecule has 0 bridgehead atoms. The van der Waals surface area contributed by atoms with Crippen LogP contribution in [0.25, 0.3) is 0 Å². The monoisotopic (exact) mass is 449 g/mol. The third-order valence-corrected chi connectivity index (χ3v) is 5.77. The molecule has 2 atom stereocenters. The number of nitrogens with zero attached hydrogens (tertiary/aromatic N) is 3. The number of nitrogens with one attached hydrogen (secondary N) is 2. The molecular weight excluding hydrogens is 419 g/mol. The summed E-state index contributed by atoms with van der Waals surface area (Å²) < 4.78 is 41.3. The van der Waals surface area contributed by atoms with Crippen molar-refractivity contribution in [3.05, 3.63) is 41.5 Å². The molecule has 1 saturated carbocycles. The minimum Gasteiger partial charge on any atom is -0.390 e. The van der Waals surface area contributed by atoms with Crippen molar-refractivity contribution in [2.24, 2.45) is 16.8 Å². The molecule has 32 heavy (non-hydrogen) atoms. The fraction of sp³-hybridized carbons (Fsp3) is 0.522. The van der Waals surface area contributed by atoms with Gasteiger partial charge in [-0.2, -0.15) is 0 Å². The van der Waals surface area contributed by atoms with E-state index in [9.17, 15) is 18.3 Å². The number of hydrogen-bond acceptors (Lipinski definition) is 5. The second-order valence-corrected chi connectivity index (χ2v) is 9.19. The summed E-state index contributed by atoms with van der Waals surface area (Å²) in [6, 6.07) is 1.38. The standard InChI is InChI=1S/C23H30F3N5O/c1-12(2)21(31-20-17(25)9-15(24)10-18(20)26)30-19-11-27-22(28-13(19)3)29-16-7-6-14(8-16)23(4,5)32/h9-12,14,16,32H,6-8H2,1-5H3,(H,30,31)(H,27,28,29). The van der Waals surface area contributed by atoms with E-state index in [-0.39, 0.29) is 17.9 Å². The predicted molar refractivity (Wildman–Crippen MR) is 120 cm³/mol. The van der Waals surface area contributed by atoms with E-state index in [4.69, 9.17) is 0 Å². The zero-order valence-electron chi connectivity index (χ0n) is 19.0. The molecule has 0 saturated heterocycles. The van der Waals surface area contributed by atoms with Gasteiger partial charge in [0.2, 0.25) is 5.95 Å². The van der Waals surface area contributed by atoms with Crippen molar-refractivity contribution in [3.63, 3.8) is 0 Å². The SMILES string of the molecule is Cc1nc(NC2CCC(C(C)(C)O)C2)ncc1NC(=Nc1c(F)cc(F)cc1F)C(C)C. The van der Waals surface area contributed by atoms with Gasteiger partial charge in [-0.15, -0.1) is 0 Å². The van der Waals surface area contributed by atoms with Gasteiger partial charge in [-0.25, -0.2) is 28.1 Å². The third-order valence-electron chi connectivity index (χ3n) is 5.77. The highest BCUT2D eigenvalue weighted by Gasteiger charge is 2.34. The van der Waals surface area contributed by atoms with E-state index in [2.05, 4.69) is 25.6 Å². The maximum atomic E-state index is 14.0. The first kappa shape index (κ1) is 24.0. The number of aryl methyl sites for hydroxylation is 1. The van der Waals surface area contributed by atoms with E-state index in [1.165, 1.54) is 0 Å². The highest BCUT2D eigenvalue weighted by atomic mass is 19.1. The number of aromatic nitrogens is 2. The molecule has 1 heterocycles. The van der Waals surface area contributed by atoms with Crippen LogP contribution in [0.4, 0.5) is 30.5 Å². The Bertz CT molecular complexity index is 981. The van der Waals surface area contributed by atoms with Crippen molar-refractivity contribution in [2.45, 2.75) is 65.5 Å². The first-order chi connectivity index (χ1) is 14.9. The Kier molecular flexibility index (Phi) is 7.07. The summed E-state index contributed by atoms with van der Waals surface area (Å²) in [6.07, 6.45) is 4.29. The van der Waals surface area contributed by atoms with Crippen LogP contribution >= 0.6 is 0 Å². The van der Waals surface area contributed by atoms with Gasteiger partial charge in [0, 0.05) is 24.1 Å². The molecule has 0 spiro atoms. The summed E-state index contributed by atoms with van der Waals surface area (Å²) in [5, 5.41) is 16.6. The molecule has 0 aliphatic heterocycles. The first-order valence-electron chi connectivity index (χ1n) is 10.8. The zero-order chi connectivity index (χ0) is 23.6. The Hall–Kier alpha value is -2.68. The normalized spacial score (nSPS) is 19.5. The second-order valence-electron chi connectivity index (χ2n) is 9.19. The molecule has 1 aromatic heterocycles. The van der Waals surface area contributed by atoms with Crippen LogP contribution < -0.4 is 10.6 Å². The van der Waals surface area contributed by atoms with Crippen LogP contribution in [-0.4, -0.2) is 32.6 Å². The number of benzene rings is 1. The maximum absolute atomic E-state index is 14.0. The van der Waals surface area contributed by atoms with Crippen molar-refractivity contribution in [2.75, 3.05) is 10.6 Å². The molecule has 1 aromatic carbocycles. The van der Waals surface area contributed by atoms with Gasteiger partial charge in [0.05, 0.1) is 23.2 Å². The lowest BCUT2D eigenvalue weighted by Gasteiger charge is -2.25. The number of aliphatic hydroxyl groups is 1. The van der Waals surface area contributed by atoms with Gasteiger partial charge < -0.3 is 15.7 Å². The summed E-state index contributed by atoms with van der Waals surface area (Å²) in [4.78, 5) is 12.9. The van der Waals surface area contributed by atoms with Crippen molar-refractivity contribution in [3.8, 4) is 0 Å². The summed E-state index contributed by atoms with van der Waals surface area (Å²) >= 11 is 0. The Morgan fingerprint density at radius 1 is 1.19 bits per heavy atom. The average Bonchev–Trinajstić information content (AvgIpc) is 3.14. The van der Waals surface area contributed by atoms with E-state index in [0.717, 1.165) is 19.3 Å². The first-order valence-corrected chi connectivity index (χ1v) is 10.8. The lowest BCUT2D eigenvalue weighted by atomic mass is 9.90. The zero-order valence-corrected chi connectivity index (χ0v) is 19.0. The van der Waals surface area contributed by atoms with E-state index in [1.807, 2.05) is 27.7 Å². The van der Waals surface area contributed by atoms with Crippen LogP contribution in [0.1, 0.15) is 52.7 Å². The van der Waals surface area contributed by atoms with Gasteiger partial charge in [0.15, 0.2) is 11.6 Å². The van der Waals surface area contributed by atoms with Gasteiger partial charge in [0.1, 0.15) is 17.3 Å². The fourth-order valence-electron chi connectivity index (χ4n) is 3.80. The topological polar surface area (TPSA) is 82.4 Å². The number of anilines is 2. The predicted octanol–water partition coefficient (Wildman–Crippen LogP) is 5.35. The largest absolute Gasteiger partial charge is 0.390 e. The highest BCUT2D eigenvalue weighted by molar-refractivity contribution is 5.98. The molecule has 9 heteroatoms. The molecular formula is C23H30F3N5O. The van der Waals surface area contributed by atoms with E-state index >= 15 is 0 Å². The average molecular weight is 450 g/mol. The van der Waals surface area contributed by atoms with Crippen LogP contribution in [-0.2, 0) is 0 Å². The maximum Gasteiger partial charge on any atom is 0.223 e. The summed E-state index contributed by atoms with van der Waals surface area (Å²) in [6.45, 7) is 9.09. The Labute approximate surface area is 186 Å². The highest BCUT2D eigenvalue weighted by Crippen LogP contribution is 2.35. The van der Waals surface area contributed by atoms with Crippen molar-refractivity contribution in [1.82, 2.24) is 9.97 Å². The fourth-order valence-corrected chi connectivity index (χ4v) is 3.80. The lowest BCUT2D eigenvalue weighted by Crippen LogP contribution is -2.30. The van der Waals surface area contributed by atoms with Gasteiger partial charge in [0.25, 0.3) is 0 Å². The Morgan fingerprint density at radius 3 is 2.38 bits per heavy atom. The molecule has 1 aliphatic carbocycles. The molecule has 0 amide bonds. The number of hydrogen-bond donors (Lipinski definition) is 3. The van der Waals surface area contributed by atoms with Crippen LogP contribution in [0, 0.1) is 36.2 Å². The Balaban J connectivity index is 1.75. The van der Waals surface area contributed by atoms with Gasteiger partial charge in [-0.1, -0.05) is 13.8 Å². The smallest absolute Gasteiger partial charge is 0.223 e. The molecule has 1 fully saturated rings. The molecule has 0 radical (unpaired) electrons. The van der Waals surface area contributed by atoms with Crippen molar-refractivity contribution < 1.29 is 18.3 Å². The molecule has 3 rings (SSSR count). The van der Waals surface area contributed by atoms with Crippen molar-refractivity contribution >= 4 is 23.2 Å². The Morgan fingerprint density at radius 2 is 1.84 bits per heavy atom. The molecule has 1 aliphatic rings. The van der Waals surface area contributed by atoms with Gasteiger partial charge >= 0.3 is 0 Å². The lowest BCUT2D eigenvalue weighted by molar-refractivity contribution is 0.0197. The quantitative estimate of drug-likeness (QED) is 0.409. The molecule has 3 N–H and O–H groups in total. The number of rotatable bonds is 6. The summed E-state index contributed by atoms with van der Waals surface area (Å²) in [7, 11) is 0. The molecule has 2 aromatic rings. The van der Waals surface area contributed by atoms with E-state index in [0.29, 0.717) is 35.3 Å². The van der Waals surface area contributed by atoms with E-state index < -0.39 is 28.7 Å². The van der Waals surface area contributed by atoms with Gasteiger partial charge in [-0.3, -0.25) is 0 Å². The van der Waals surface area contributed by atoms with E-state index in [1.54, 1.807) is 13.1 Å². The molecule has 6 nitrogen and oxygen atoms in total. The third kappa shape index (κ3) is 5.76. The van der Waals surface area contributed by atoms with Crippen LogP contribution in [0.5, 0.6) is 0 Å². The number of halogens is 3. The molecule has 174 valence electrons. The minimum absolute atomic E-state index is 0.182. The van der Waals surface area contributed by atoms with Crippen LogP contribution in [0.3, 0.4) is 0 Å². The number of amidine groups is 1. The molecule has 2 unspecified atom stereocenters. The number of aliphatic imine (C=N–C) groups is 1. The van der Waals surface area contributed by atoms with Crippen LogP contribution in [0.15, 0.2) is 23.3 Å². The summed E-state index contributed by atoms with van der Waals surface area (Å²) in [5.41, 5.74) is -0.0847. The summed E-state index contributed by atoms with van der Waals surface area (Å²) in [5.74, 6) is -2.35. The van der Waals surface area contributed by atoms with Crippen molar-refractivity contribution in [1.29, 1.82) is 0 Å². The van der Waals surface area contributed by atoms with Gasteiger partial charge in [-0.05, 0) is 46.0 Å².